The Morgan fingerprint density at radius 1 is 0.321 bits per heavy atom. The minimum absolute atomic E-state index is 0.00783. The number of carboxylic acid groups (broad SMARTS) is 1. The van der Waals surface area contributed by atoms with E-state index >= 15 is 0 Å². The second-order valence-corrected chi connectivity index (χ2v) is 19.4. The second-order valence-electron chi connectivity index (χ2n) is 19.4. The summed E-state index contributed by atoms with van der Waals surface area (Å²) in [7, 11) is 0. The van der Waals surface area contributed by atoms with E-state index in [-0.39, 0.29) is 146 Å². The number of amides is 7. The van der Waals surface area contributed by atoms with Crippen LogP contribution in [-0.4, -0.2) is 176 Å². The Labute approximate surface area is 471 Å². The zero-order valence-electron chi connectivity index (χ0n) is 46.9. The highest BCUT2D eigenvalue weighted by Gasteiger charge is 2.36. The van der Waals surface area contributed by atoms with E-state index < -0.39 is 107 Å². The number of nitrogens with one attached hydrogen (secondary N) is 7. The molecule has 0 aromatic heterocycles. The van der Waals surface area contributed by atoms with Gasteiger partial charge < -0.3 is 117 Å². The number of rotatable bonds is 41. The van der Waals surface area contributed by atoms with Crippen LogP contribution >= 0.6 is 0 Å². The molecule has 7 amide bonds. The first-order valence-electron chi connectivity index (χ1n) is 26.4. The summed E-state index contributed by atoms with van der Waals surface area (Å²) in [6.45, 7) is 6.91. The van der Waals surface area contributed by atoms with E-state index in [1.165, 1.54) is 0 Å². The van der Waals surface area contributed by atoms with Gasteiger partial charge in [-0.15, -0.1) is 0 Å². The molecule has 0 spiro atoms. The Morgan fingerprint density at radius 3 is 0.778 bits per heavy atom. The van der Waals surface area contributed by atoms with E-state index in [0.717, 1.165) is 0 Å². The maximum atomic E-state index is 14.4. The van der Waals surface area contributed by atoms with E-state index in [2.05, 4.69) is 67.2 Å². The standard InChI is InChI=1S/C46H92N26O9/c1-23(2)31(71-36(76)28(14-8-20-63-44(54)55)66-33(73)25(47)11-5-17-60-41(48)49)38(78)68-26(12-6-18-61-42(50)51)34(74)67-29(15-9-21-64-45(56)57)37(77)72-32(24(3)4)39(79)69-27(13-7-19-62-43(52)53)35(75)70-30(40(80)81)16-10-22-65-46(58)59/h23-32H,5-22,47H2,1-4H3,(H,66,73)(H,67,74)(H,68,78)(H,69,79)(H,70,75)(H,71,76)(H,72,77)(H,80,81)(H4,48,49,60)(H4,50,51,61)(H4,52,53,62)(H4,54,55,63)(H4,56,57,64)(H4,58,59,65)/t25-,26-,27-,28-,29-,30-,31-,32-/m0/s1. The van der Waals surface area contributed by atoms with Crippen LogP contribution in [-0.2, 0) is 38.4 Å². The number of nitrogens with zero attached hydrogens (tertiary/aromatic N) is 6. The van der Waals surface area contributed by atoms with Gasteiger partial charge in [-0.2, -0.15) is 0 Å². The normalized spacial score (nSPS) is 13.8. The molecule has 8 atom stereocenters. The molecule has 0 saturated heterocycles. The predicted molar refractivity (Wildman–Crippen MR) is 308 cm³/mol. The van der Waals surface area contributed by atoms with Crippen LogP contribution in [0.25, 0.3) is 0 Å². The van der Waals surface area contributed by atoms with Crippen molar-refractivity contribution in [2.24, 2.45) is 116 Å². The van der Waals surface area contributed by atoms with Gasteiger partial charge in [0.15, 0.2) is 35.8 Å². The van der Waals surface area contributed by atoms with Gasteiger partial charge in [0.1, 0.15) is 42.3 Å². The Bertz CT molecular complexity index is 2200. The summed E-state index contributed by atoms with van der Waals surface area (Å²) in [6, 6.07) is -10.6. The summed E-state index contributed by atoms with van der Waals surface area (Å²) in [6.07, 6.45) is 0.914. The molecule has 0 aromatic carbocycles. The highest BCUT2D eigenvalue weighted by atomic mass is 16.4. The second kappa shape index (κ2) is 39.7. The van der Waals surface area contributed by atoms with Crippen LogP contribution in [0.5, 0.6) is 0 Å². The van der Waals surface area contributed by atoms with Crippen LogP contribution in [0.2, 0.25) is 0 Å². The van der Waals surface area contributed by atoms with Crippen molar-refractivity contribution in [2.75, 3.05) is 39.3 Å². The molecular formula is C46H92N26O9. The van der Waals surface area contributed by atoms with Gasteiger partial charge in [-0.3, -0.25) is 63.5 Å². The molecular weight excluding hydrogens is 1060 g/mol. The molecule has 0 bridgehead atoms. The maximum absolute atomic E-state index is 14.4. The van der Waals surface area contributed by atoms with Gasteiger partial charge in [-0.05, 0) is 88.9 Å². The molecule has 81 heavy (non-hydrogen) atoms. The fraction of sp³-hybridized carbons (Fsp3) is 0.696. The Morgan fingerprint density at radius 2 is 0.531 bits per heavy atom. The quantitative estimate of drug-likeness (QED) is 0.0154. The molecule has 0 aliphatic carbocycles. The number of hydrogen-bond donors (Lipinski definition) is 21. The monoisotopic (exact) mass is 1150 g/mol. The number of carbonyl (C=O) groups excluding carboxylic acids is 7. The van der Waals surface area contributed by atoms with Crippen molar-refractivity contribution < 1.29 is 43.5 Å². The largest absolute Gasteiger partial charge is 0.480 e. The number of guanidine groups is 6. The SMILES string of the molecule is CC(C)[C@H](NC(=O)[C@H](CCCN=C(N)N)NC(=O)[C@H](CCCN=C(N)N)NC(=O)[C@@H](NC(=O)[C@H](CCCN=C(N)N)NC(=O)[C@@H](N)CCCN=C(N)N)C(C)C)C(=O)N[C@@H](CCCN=C(N)N)C(=O)N[C@@H](CCCN=C(N)N)C(=O)O. The molecule has 460 valence electrons. The Kier molecular flexibility index (Phi) is 35.4. The molecule has 0 saturated carbocycles. The molecule has 0 unspecified atom stereocenters. The predicted octanol–water partition coefficient (Wildman–Crippen LogP) is -8.57. The van der Waals surface area contributed by atoms with Crippen molar-refractivity contribution in [3.8, 4) is 0 Å². The first-order valence-corrected chi connectivity index (χ1v) is 26.4. The third kappa shape index (κ3) is 33.4. The zero-order chi connectivity index (χ0) is 61.8. The number of carbonyl (C=O) groups is 8. The molecule has 35 nitrogen and oxygen atoms in total. The maximum Gasteiger partial charge on any atom is 0.326 e. The molecule has 34 N–H and O–H groups in total. The topological polar surface area (TPSA) is 653 Å². The lowest BCUT2D eigenvalue weighted by molar-refractivity contribution is -0.142. The highest BCUT2D eigenvalue weighted by Crippen LogP contribution is 2.12. The first-order chi connectivity index (χ1) is 38.0. The fourth-order valence-corrected chi connectivity index (χ4v) is 7.42. The van der Waals surface area contributed by atoms with Crippen molar-refractivity contribution in [3.63, 3.8) is 0 Å². The molecule has 0 fully saturated rings. The van der Waals surface area contributed by atoms with Crippen LogP contribution in [0.15, 0.2) is 30.0 Å². The average Bonchev–Trinajstić information content (AvgIpc) is 3.37. The third-order valence-electron chi connectivity index (χ3n) is 11.7. The van der Waals surface area contributed by atoms with Gasteiger partial charge in [0.25, 0.3) is 0 Å². The van der Waals surface area contributed by atoms with Crippen molar-refractivity contribution in [3.05, 3.63) is 0 Å². The molecule has 35 heteroatoms. The zero-order valence-corrected chi connectivity index (χ0v) is 46.9. The number of aliphatic carboxylic acids is 1. The summed E-state index contributed by atoms with van der Waals surface area (Å²) in [4.78, 5) is 134. The van der Waals surface area contributed by atoms with E-state index in [1.54, 1.807) is 27.7 Å². The summed E-state index contributed by atoms with van der Waals surface area (Å²) in [5.74, 6) is -9.63. The van der Waals surface area contributed by atoms with Crippen LogP contribution < -0.4 is 112 Å². The van der Waals surface area contributed by atoms with Gasteiger partial charge in [-0.1, -0.05) is 27.7 Å². The lowest BCUT2D eigenvalue weighted by Gasteiger charge is -2.29. The minimum atomic E-state index is -1.42. The lowest BCUT2D eigenvalue weighted by atomic mass is 10.00. The van der Waals surface area contributed by atoms with E-state index in [1.807, 2.05) is 0 Å². The molecule has 0 radical (unpaired) electrons. The first kappa shape index (κ1) is 72.3. The minimum Gasteiger partial charge on any atom is -0.480 e. The summed E-state index contributed by atoms with van der Waals surface area (Å²) >= 11 is 0. The molecule has 0 heterocycles. The number of hydrogen-bond acceptors (Lipinski definition) is 15. The van der Waals surface area contributed by atoms with Gasteiger partial charge in [0.05, 0.1) is 6.04 Å². The van der Waals surface area contributed by atoms with Crippen molar-refractivity contribution in [2.45, 2.75) is 153 Å². The number of carboxylic acids is 1. The summed E-state index contributed by atoms with van der Waals surface area (Å²) in [5.41, 5.74) is 71.6. The van der Waals surface area contributed by atoms with Gasteiger partial charge >= 0.3 is 5.97 Å². The Balaban J connectivity index is 6.98. The van der Waals surface area contributed by atoms with E-state index in [9.17, 15) is 43.5 Å². The van der Waals surface area contributed by atoms with Gasteiger partial charge in [0.2, 0.25) is 41.4 Å². The van der Waals surface area contributed by atoms with Crippen molar-refractivity contribution >= 4 is 83.1 Å². The lowest BCUT2D eigenvalue weighted by Crippen LogP contribution is -2.61. The molecule has 0 aliphatic rings. The average molecular weight is 1150 g/mol. The molecule has 0 rings (SSSR count). The summed E-state index contributed by atoms with van der Waals surface area (Å²) in [5, 5.41) is 28.2. The Hall–Kier alpha value is -8.66. The van der Waals surface area contributed by atoms with Gasteiger partial charge in [0, 0.05) is 39.3 Å². The van der Waals surface area contributed by atoms with Crippen LogP contribution in [0, 0.1) is 11.8 Å². The smallest absolute Gasteiger partial charge is 0.326 e. The summed E-state index contributed by atoms with van der Waals surface area (Å²) < 4.78 is 0. The van der Waals surface area contributed by atoms with Crippen LogP contribution in [0.1, 0.15) is 105 Å². The molecule has 0 aliphatic heterocycles. The fourth-order valence-electron chi connectivity index (χ4n) is 7.42. The van der Waals surface area contributed by atoms with E-state index in [4.69, 9.17) is 74.5 Å². The van der Waals surface area contributed by atoms with Crippen molar-refractivity contribution in [1.29, 1.82) is 0 Å². The third-order valence-corrected chi connectivity index (χ3v) is 11.7. The van der Waals surface area contributed by atoms with E-state index in [0.29, 0.717) is 6.42 Å². The van der Waals surface area contributed by atoms with Crippen LogP contribution in [0.4, 0.5) is 0 Å². The number of nitrogens with two attached hydrogens (primary N) is 13. The highest BCUT2D eigenvalue weighted by molar-refractivity contribution is 5.98. The number of aliphatic imine (C=N–C) groups is 6. The van der Waals surface area contributed by atoms with Gasteiger partial charge in [-0.25, -0.2) is 4.79 Å². The van der Waals surface area contributed by atoms with Crippen LogP contribution in [0.3, 0.4) is 0 Å². The van der Waals surface area contributed by atoms with Crippen molar-refractivity contribution in [1.82, 2.24) is 37.2 Å². The molecule has 0 aromatic rings.